The maximum atomic E-state index is 13.9. The van der Waals surface area contributed by atoms with Crippen molar-refractivity contribution in [1.82, 2.24) is 10.2 Å². The first-order valence-corrected chi connectivity index (χ1v) is 8.64. The fourth-order valence-corrected chi connectivity index (χ4v) is 3.26. The Kier molecular flexibility index (Phi) is 5.22. The summed E-state index contributed by atoms with van der Waals surface area (Å²) in [4.78, 5) is 28.8. The summed E-state index contributed by atoms with van der Waals surface area (Å²) in [5, 5.41) is 2.78. The molecule has 0 spiro atoms. The van der Waals surface area contributed by atoms with Crippen LogP contribution in [0.5, 0.6) is 0 Å². The number of methoxy groups -OCH3 is 1. The van der Waals surface area contributed by atoms with E-state index in [9.17, 15) is 14.0 Å². The van der Waals surface area contributed by atoms with Crippen molar-refractivity contribution >= 4 is 17.5 Å². The summed E-state index contributed by atoms with van der Waals surface area (Å²) in [6.45, 7) is 2.96. The van der Waals surface area contributed by atoms with Crippen LogP contribution in [0.2, 0.25) is 0 Å². The minimum Gasteiger partial charge on any atom is -0.383 e. The molecule has 25 heavy (non-hydrogen) atoms. The summed E-state index contributed by atoms with van der Waals surface area (Å²) < 4.78 is 18.8. The monoisotopic (exact) mass is 349 g/mol. The SMILES string of the molecule is COCCNC(=O)C1(C(=O)N2CCN(c3ccccc3F)CC2)CC1. The largest absolute Gasteiger partial charge is 0.383 e. The number of para-hydroxylation sites is 1. The Hall–Kier alpha value is -2.15. The first-order chi connectivity index (χ1) is 12.1. The second-order valence-electron chi connectivity index (χ2n) is 6.56. The Morgan fingerprint density at radius 1 is 1.20 bits per heavy atom. The molecule has 2 aliphatic rings. The molecule has 1 aliphatic carbocycles. The highest BCUT2D eigenvalue weighted by atomic mass is 19.1. The Bertz CT molecular complexity index is 640. The molecule has 1 aromatic carbocycles. The maximum absolute atomic E-state index is 13.9. The molecule has 1 aliphatic heterocycles. The molecule has 1 N–H and O–H groups in total. The third-order valence-corrected chi connectivity index (χ3v) is 4.95. The van der Waals surface area contributed by atoms with E-state index in [4.69, 9.17) is 4.74 Å². The van der Waals surface area contributed by atoms with Gasteiger partial charge in [-0.3, -0.25) is 9.59 Å². The number of carbonyl (C=O) groups excluding carboxylic acids is 2. The molecule has 0 atom stereocenters. The van der Waals surface area contributed by atoms with Crippen LogP contribution in [-0.2, 0) is 14.3 Å². The predicted octanol–water partition coefficient (Wildman–Crippen LogP) is 1.02. The average Bonchev–Trinajstić information content (AvgIpc) is 3.44. The number of amides is 2. The van der Waals surface area contributed by atoms with Gasteiger partial charge in [0.15, 0.2) is 0 Å². The first-order valence-electron chi connectivity index (χ1n) is 8.64. The second-order valence-corrected chi connectivity index (χ2v) is 6.56. The summed E-state index contributed by atoms with van der Waals surface area (Å²) in [6.07, 6.45) is 1.19. The minimum atomic E-state index is -0.895. The summed E-state index contributed by atoms with van der Waals surface area (Å²) in [5.74, 6) is -0.555. The van der Waals surface area contributed by atoms with Gasteiger partial charge < -0.3 is 19.9 Å². The lowest BCUT2D eigenvalue weighted by molar-refractivity contribution is -0.144. The number of piperazine rings is 1. The molecule has 2 fully saturated rings. The lowest BCUT2D eigenvalue weighted by Crippen LogP contribution is -2.53. The third-order valence-electron chi connectivity index (χ3n) is 4.95. The number of halogens is 1. The van der Waals surface area contributed by atoms with Gasteiger partial charge in [0.1, 0.15) is 11.2 Å². The highest BCUT2D eigenvalue weighted by Gasteiger charge is 2.58. The average molecular weight is 349 g/mol. The van der Waals surface area contributed by atoms with Gasteiger partial charge in [0, 0.05) is 39.8 Å². The van der Waals surface area contributed by atoms with E-state index < -0.39 is 5.41 Å². The number of rotatable bonds is 6. The smallest absolute Gasteiger partial charge is 0.238 e. The van der Waals surface area contributed by atoms with Crippen molar-refractivity contribution in [2.45, 2.75) is 12.8 Å². The van der Waals surface area contributed by atoms with Crippen molar-refractivity contribution in [2.75, 3.05) is 51.3 Å². The van der Waals surface area contributed by atoms with Crippen molar-refractivity contribution < 1.29 is 18.7 Å². The Labute approximate surface area is 146 Å². The van der Waals surface area contributed by atoms with Crippen molar-refractivity contribution in [1.29, 1.82) is 0 Å². The molecule has 2 amide bonds. The van der Waals surface area contributed by atoms with E-state index in [-0.39, 0.29) is 17.6 Å². The molecule has 6 nitrogen and oxygen atoms in total. The predicted molar refractivity (Wildman–Crippen MR) is 91.7 cm³/mol. The zero-order valence-electron chi connectivity index (χ0n) is 14.5. The number of carbonyl (C=O) groups is 2. The van der Waals surface area contributed by atoms with Crippen LogP contribution in [0.4, 0.5) is 10.1 Å². The molecular weight excluding hydrogens is 325 g/mol. The van der Waals surface area contributed by atoms with E-state index in [0.717, 1.165) is 0 Å². The number of benzene rings is 1. The molecule has 0 aromatic heterocycles. The molecule has 1 saturated carbocycles. The lowest BCUT2D eigenvalue weighted by Gasteiger charge is -2.37. The summed E-state index contributed by atoms with van der Waals surface area (Å²) in [6, 6.07) is 6.66. The van der Waals surface area contributed by atoms with Gasteiger partial charge in [-0.15, -0.1) is 0 Å². The number of anilines is 1. The summed E-state index contributed by atoms with van der Waals surface area (Å²) in [7, 11) is 1.57. The fourth-order valence-electron chi connectivity index (χ4n) is 3.26. The van der Waals surface area contributed by atoms with Gasteiger partial charge in [-0.05, 0) is 25.0 Å². The fraction of sp³-hybridized carbons (Fsp3) is 0.556. The van der Waals surface area contributed by atoms with E-state index in [1.165, 1.54) is 6.07 Å². The molecule has 0 unspecified atom stereocenters. The normalized spacial score (nSPS) is 18.8. The van der Waals surface area contributed by atoms with Crippen molar-refractivity contribution in [3.05, 3.63) is 30.1 Å². The van der Waals surface area contributed by atoms with Crippen LogP contribution in [-0.4, -0.2) is 63.2 Å². The molecule has 1 saturated heterocycles. The molecular formula is C18H24FN3O3. The lowest BCUT2D eigenvalue weighted by atomic mass is 10.0. The van der Waals surface area contributed by atoms with Crippen LogP contribution < -0.4 is 10.2 Å². The molecule has 3 rings (SSSR count). The van der Waals surface area contributed by atoms with Crippen LogP contribution in [0, 0.1) is 11.2 Å². The highest BCUT2D eigenvalue weighted by molar-refractivity contribution is 6.07. The number of hydrogen-bond donors (Lipinski definition) is 1. The first kappa shape index (κ1) is 17.7. The minimum absolute atomic E-state index is 0.101. The van der Waals surface area contributed by atoms with Crippen molar-refractivity contribution in [2.24, 2.45) is 5.41 Å². The van der Waals surface area contributed by atoms with E-state index in [1.807, 2.05) is 4.90 Å². The van der Waals surface area contributed by atoms with Gasteiger partial charge in [-0.25, -0.2) is 4.39 Å². The Balaban J connectivity index is 1.57. The highest BCUT2D eigenvalue weighted by Crippen LogP contribution is 2.47. The number of nitrogens with one attached hydrogen (secondary N) is 1. The second kappa shape index (κ2) is 7.39. The van der Waals surface area contributed by atoms with Gasteiger partial charge in [-0.2, -0.15) is 0 Å². The third kappa shape index (κ3) is 3.61. The van der Waals surface area contributed by atoms with E-state index in [0.29, 0.717) is 57.9 Å². The van der Waals surface area contributed by atoms with E-state index in [1.54, 1.807) is 30.2 Å². The standard InChI is InChI=1S/C18H24FN3O3/c1-25-13-8-20-16(23)18(6-7-18)17(24)22-11-9-21(10-12-22)15-5-3-2-4-14(15)19/h2-5H,6-13H2,1H3,(H,20,23). The van der Waals surface area contributed by atoms with Crippen LogP contribution in [0.3, 0.4) is 0 Å². The quantitative estimate of drug-likeness (QED) is 0.615. The van der Waals surface area contributed by atoms with Gasteiger partial charge in [0.2, 0.25) is 11.8 Å². The topological polar surface area (TPSA) is 61.9 Å². The molecule has 0 radical (unpaired) electrons. The number of nitrogens with zero attached hydrogens (tertiary/aromatic N) is 2. The van der Waals surface area contributed by atoms with Crippen LogP contribution in [0.1, 0.15) is 12.8 Å². The van der Waals surface area contributed by atoms with Crippen molar-refractivity contribution in [3.63, 3.8) is 0 Å². The van der Waals surface area contributed by atoms with Gasteiger partial charge >= 0.3 is 0 Å². The van der Waals surface area contributed by atoms with E-state index in [2.05, 4.69) is 5.32 Å². The number of ether oxygens (including phenoxy) is 1. The summed E-state index contributed by atoms with van der Waals surface area (Å²) >= 11 is 0. The maximum Gasteiger partial charge on any atom is 0.238 e. The van der Waals surface area contributed by atoms with Crippen LogP contribution in [0.25, 0.3) is 0 Å². The van der Waals surface area contributed by atoms with Gasteiger partial charge in [0.25, 0.3) is 0 Å². The van der Waals surface area contributed by atoms with Crippen LogP contribution in [0.15, 0.2) is 24.3 Å². The van der Waals surface area contributed by atoms with Crippen LogP contribution >= 0.6 is 0 Å². The van der Waals surface area contributed by atoms with Gasteiger partial charge in [0.05, 0.1) is 12.3 Å². The molecule has 0 bridgehead atoms. The Morgan fingerprint density at radius 2 is 1.88 bits per heavy atom. The summed E-state index contributed by atoms with van der Waals surface area (Å²) in [5.41, 5.74) is -0.332. The number of hydrogen-bond acceptors (Lipinski definition) is 4. The zero-order valence-corrected chi connectivity index (χ0v) is 14.5. The van der Waals surface area contributed by atoms with Crippen molar-refractivity contribution in [3.8, 4) is 0 Å². The van der Waals surface area contributed by atoms with E-state index >= 15 is 0 Å². The molecule has 136 valence electrons. The molecule has 1 aromatic rings. The Morgan fingerprint density at radius 3 is 2.48 bits per heavy atom. The molecule has 7 heteroatoms. The molecule has 1 heterocycles. The zero-order chi connectivity index (χ0) is 17.9. The van der Waals surface area contributed by atoms with Gasteiger partial charge in [-0.1, -0.05) is 12.1 Å².